The first kappa shape index (κ1) is 26.4. The van der Waals surface area contributed by atoms with Gasteiger partial charge < -0.3 is 4.42 Å². The molecule has 0 radical (unpaired) electrons. The average molecular weight is 609 g/mol. The van der Waals surface area contributed by atoms with Crippen molar-refractivity contribution in [1.29, 1.82) is 0 Å². The van der Waals surface area contributed by atoms with Gasteiger partial charge in [0.05, 0.1) is 10.2 Å². The molecule has 3 heterocycles. The molecule has 0 spiro atoms. The lowest BCUT2D eigenvalue weighted by atomic mass is 10.0. The van der Waals surface area contributed by atoms with Gasteiger partial charge in [-0.15, -0.1) is 11.3 Å². The van der Waals surface area contributed by atoms with Crippen LogP contribution in [-0.2, 0) is 0 Å². The Balaban J connectivity index is 1.11. The highest BCUT2D eigenvalue weighted by Crippen LogP contribution is 2.37. The SMILES string of the molecule is c1ccc(-c2nc(-c3ccccc3)nc(-c3ccc4oc5cc(-c6ccc7nc(-c8ccccc8)sc7c6)ccc5c4c3)n2)cc1. The first-order chi connectivity index (χ1) is 22.7. The van der Waals surface area contributed by atoms with Crippen molar-refractivity contribution in [2.45, 2.75) is 0 Å². The van der Waals surface area contributed by atoms with E-state index in [1.54, 1.807) is 11.3 Å². The van der Waals surface area contributed by atoms with Crippen LogP contribution in [0.2, 0.25) is 0 Å². The van der Waals surface area contributed by atoms with Crippen molar-refractivity contribution < 1.29 is 4.42 Å². The van der Waals surface area contributed by atoms with Gasteiger partial charge in [-0.1, -0.05) is 103 Å². The molecule has 6 heteroatoms. The Kier molecular flexibility index (Phi) is 6.25. The van der Waals surface area contributed by atoms with Gasteiger partial charge in [-0.3, -0.25) is 0 Å². The van der Waals surface area contributed by atoms with E-state index in [9.17, 15) is 0 Å². The molecule has 0 aliphatic carbocycles. The quantitative estimate of drug-likeness (QED) is 0.194. The summed E-state index contributed by atoms with van der Waals surface area (Å²) in [6.45, 7) is 0. The average Bonchev–Trinajstić information content (AvgIpc) is 3.73. The monoisotopic (exact) mass is 608 g/mol. The van der Waals surface area contributed by atoms with Crippen LogP contribution in [0.1, 0.15) is 0 Å². The minimum absolute atomic E-state index is 0.619. The summed E-state index contributed by atoms with van der Waals surface area (Å²) >= 11 is 1.71. The minimum atomic E-state index is 0.619. The zero-order valence-electron chi connectivity index (χ0n) is 24.5. The van der Waals surface area contributed by atoms with Crippen LogP contribution in [0.25, 0.3) is 88.0 Å². The maximum Gasteiger partial charge on any atom is 0.164 e. The van der Waals surface area contributed by atoms with E-state index in [-0.39, 0.29) is 0 Å². The van der Waals surface area contributed by atoms with Gasteiger partial charge in [0.2, 0.25) is 0 Å². The maximum absolute atomic E-state index is 6.38. The maximum atomic E-state index is 6.38. The van der Waals surface area contributed by atoms with Gasteiger partial charge >= 0.3 is 0 Å². The van der Waals surface area contributed by atoms with Gasteiger partial charge in [-0.2, -0.15) is 0 Å². The molecular formula is C40H24N4OS. The Hall–Kier alpha value is -5.98. The molecule has 0 unspecified atom stereocenters. The van der Waals surface area contributed by atoms with Crippen LogP contribution in [0.4, 0.5) is 0 Å². The molecule has 0 fully saturated rings. The minimum Gasteiger partial charge on any atom is -0.456 e. The second kappa shape index (κ2) is 10.9. The van der Waals surface area contributed by atoms with Crippen LogP contribution >= 0.6 is 11.3 Å². The Bertz CT molecular complexity index is 2470. The molecule has 0 amide bonds. The first-order valence-electron chi connectivity index (χ1n) is 15.1. The van der Waals surface area contributed by atoms with Crippen LogP contribution in [0.3, 0.4) is 0 Å². The molecule has 0 aliphatic rings. The highest BCUT2D eigenvalue weighted by atomic mass is 32.1. The number of hydrogen-bond acceptors (Lipinski definition) is 6. The lowest BCUT2D eigenvalue weighted by Crippen LogP contribution is -2.00. The Labute approximate surface area is 268 Å². The molecule has 216 valence electrons. The van der Waals surface area contributed by atoms with Crippen molar-refractivity contribution in [2.75, 3.05) is 0 Å². The van der Waals surface area contributed by atoms with E-state index in [4.69, 9.17) is 24.4 Å². The second-order valence-corrected chi connectivity index (χ2v) is 12.2. The Morgan fingerprint density at radius 3 is 1.63 bits per heavy atom. The molecule has 0 aliphatic heterocycles. The molecule has 46 heavy (non-hydrogen) atoms. The highest BCUT2D eigenvalue weighted by molar-refractivity contribution is 7.21. The van der Waals surface area contributed by atoms with Crippen molar-refractivity contribution >= 4 is 43.5 Å². The summed E-state index contributed by atoms with van der Waals surface area (Å²) in [5.74, 6) is 1.90. The molecule has 0 bridgehead atoms. The normalized spacial score (nSPS) is 11.5. The molecular weight excluding hydrogens is 585 g/mol. The molecule has 5 nitrogen and oxygen atoms in total. The van der Waals surface area contributed by atoms with Crippen LogP contribution in [-0.4, -0.2) is 19.9 Å². The molecule has 6 aromatic carbocycles. The van der Waals surface area contributed by atoms with Gasteiger partial charge in [0.1, 0.15) is 16.2 Å². The summed E-state index contributed by atoms with van der Waals surface area (Å²) < 4.78 is 7.54. The van der Waals surface area contributed by atoms with Crippen molar-refractivity contribution in [3.8, 4) is 55.9 Å². The molecule has 9 rings (SSSR count). The first-order valence-corrected chi connectivity index (χ1v) is 15.9. The Morgan fingerprint density at radius 2 is 0.957 bits per heavy atom. The van der Waals surface area contributed by atoms with Crippen molar-refractivity contribution in [3.63, 3.8) is 0 Å². The molecule has 0 atom stereocenters. The summed E-state index contributed by atoms with van der Waals surface area (Å²) in [4.78, 5) is 19.5. The smallest absolute Gasteiger partial charge is 0.164 e. The number of hydrogen-bond donors (Lipinski definition) is 0. The van der Waals surface area contributed by atoms with E-state index >= 15 is 0 Å². The fourth-order valence-electron chi connectivity index (χ4n) is 5.84. The Morgan fingerprint density at radius 1 is 0.391 bits per heavy atom. The second-order valence-electron chi connectivity index (χ2n) is 11.1. The van der Waals surface area contributed by atoms with Gasteiger partial charge in [0.25, 0.3) is 0 Å². The van der Waals surface area contributed by atoms with Crippen LogP contribution in [0.15, 0.2) is 150 Å². The van der Waals surface area contributed by atoms with Crippen molar-refractivity contribution in [1.82, 2.24) is 19.9 Å². The van der Waals surface area contributed by atoms with Crippen LogP contribution < -0.4 is 0 Å². The third-order valence-corrected chi connectivity index (χ3v) is 9.24. The topological polar surface area (TPSA) is 64.7 Å². The summed E-state index contributed by atoms with van der Waals surface area (Å²) in [6.07, 6.45) is 0. The van der Waals surface area contributed by atoms with Crippen LogP contribution in [0, 0.1) is 0 Å². The lowest BCUT2D eigenvalue weighted by Gasteiger charge is -2.08. The van der Waals surface area contributed by atoms with Crippen molar-refractivity contribution in [2.24, 2.45) is 0 Å². The zero-order valence-corrected chi connectivity index (χ0v) is 25.3. The third-order valence-electron chi connectivity index (χ3n) is 8.17. The van der Waals surface area contributed by atoms with E-state index in [0.29, 0.717) is 17.5 Å². The number of rotatable bonds is 5. The summed E-state index contributed by atoms with van der Waals surface area (Å²) in [7, 11) is 0. The predicted octanol–water partition coefficient (Wildman–Crippen LogP) is 10.7. The standard InChI is InChI=1S/C40H24N4OS/c1-4-10-25(11-5-1)37-42-38(26-12-6-2-7-13-26)44-39(43-37)30-18-21-34-32(22-30)31-19-16-28(23-35(31)45-34)29-17-20-33-36(24-29)46-40(41-33)27-14-8-3-9-15-27/h1-24H. The molecule has 9 aromatic rings. The number of benzene rings is 6. The van der Waals surface area contributed by atoms with Gasteiger partial charge in [-0.05, 0) is 53.6 Å². The third kappa shape index (κ3) is 4.72. The highest BCUT2D eigenvalue weighted by Gasteiger charge is 2.15. The van der Waals surface area contributed by atoms with E-state index in [0.717, 1.165) is 70.5 Å². The molecule has 3 aromatic heterocycles. The zero-order chi connectivity index (χ0) is 30.5. The number of thiazole rings is 1. The number of furan rings is 1. The van der Waals surface area contributed by atoms with Gasteiger partial charge in [-0.25, -0.2) is 19.9 Å². The summed E-state index contributed by atoms with van der Waals surface area (Å²) in [5, 5.41) is 3.10. The van der Waals surface area contributed by atoms with Crippen LogP contribution in [0.5, 0.6) is 0 Å². The fraction of sp³-hybridized carbons (Fsp3) is 0. The van der Waals surface area contributed by atoms with Gasteiger partial charge in [0.15, 0.2) is 17.5 Å². The molecule has 0 N–H and O–H groups in total. The lowest BCUT2D eigenvalue weighted by molar-refractivity contribution is 0.669. The molecule has 0 saturated carbocycles. The largest absolute Gasteiger partial charge is 0.456 e. The molecule has 0 saturated heterocycles. The number of aromatic nitrogens is 4. The predicted molar refractivity (Wildman–Crippen MR) is 187 cm³/mol. The van der Waals surface area contributed by atoms with Crippen molar-refractivity contribution in [3.05, 3.63) is 146 Å². The van der Waals surface area contributed by atoms with E-state index < -0.39 is 0 Å². The summed E-state index contributed by atoms with van der Waals surface area (Å²) in [5.41, 5.74) is 8.82. The number of fused-ring (bicyclic) bond motifs is 4. The van der Waals surface area contributed by atoms with E-state index in [1.807, 2.05) is 91.0 Å². The fourth-order valence-corrected chi connectivity index (χ4v) is 6.85. The number of nitrogens with zero attached hydrogens (tertiary/aromatic N) is 4. The van der Waals surface area contributed by atoms with E-state index in [1.165, 1.54) is 0 Å². The van der Waals surface area contributed by atoms with E-state index in [2.05, 4.69) is 54.6 Å². The summed E-state index contributed by atoms with van der Waals surface area (Å²) in [6, 6.07) is 49.4. The van der Waals surface area contributed by atoms with Gasteiger partial charge in [0, 0.05) is 33.0 Å².